The number of pyridine rings is 1. The number of amides is 4. The second kappa shape index (κ2) is 17.9. The van der Waals surface area contributed by atoms with Crippen LogP contribution < -0.4 is 16.0 Å². The molecule has 0 radical (unpaired) electrons. The van der Waals surface area contributed by atoms with E-state index in [-0.39, 0.29) is 50.0 Å². The van der Waals surface area contributed by atoms with Crippen LogP contribution in [0.4, 0.5) is 19.8 Å². The number of hydrogen-bond acceptors (Lipinski definition) is 9. The largest absolute Gasteiger partial charge is 0.475 e. The average molecular weight is 738 g/mol. The molecule has 0 aliphatic heterocycles. The molecule has 0 aliphatic rings. The van der Waals surface area contributed by atoms with E-state index in [9.17, 15) is 23.3 Å². The van der Waals surface area contributed by atoms with Crippen molar-refractivity contribution < 1.29 is 41.6 Å². The number of rotatable bonds is 15. The number of anilines is 1. The predicted molar refractivity (Wildman–Crippen MR) is 189 cm³/mol. The Labute approximate surface area is 297 Å². The number of nitrogens with one attached hydrogen (secondary N) is 3. The smallest absolute Gasteiger partial charge is 0.447 e. The topological polar surface area (TPSA) is 157 Å². The first-order valence-electron chi connectivity index (χ1n) is 16.0. The summed E-state index contributed by atoms with van der Waals surface area (Å²) in [6, 6.07) is 12.1. The van der Waals surface area contributed by atoms with Crippen LogP contribution in [0.5, 0.6) is 0 Å². The van der Waals surface area contributed by atoms with Crippen molar-refractivity contribution in [3.05, 3.63) is 71.1 Å². The van der Waals surface area contributed by atoms with Crippen LogP contribution >= 0.6 is 19.4 Å². The van der Waals surface area contributed by atoms with Gasteiger partial charge in [-0.15, -0.1) is 0 Å². The molecule has 1 heterocycles. The van der Waals surface area contributed by atoms with Gasteiger partial charge in [-0.25, -0.2) is 23.5 Å². The molecule has 274 valence electrons. The average Bonchev–Trinajstić information content (AvgIpc) is 3.01. The zero-order chi connectivity index (χ0) is 37.1. The Morgan fingerprint density at radius 3 is 2.30 bits per heavy atom. The number of likely N-dealkylation sites (N-methyl/N-ethyl adjacent to an activating group) is 1. The van der Waals surface area contributed by atoms with E-state index in [1.165, 1.54) is 24.1 Å². The first kappa shape index (κ1) is 40.6. The van der Waals surface area contributed by atoms with E-state index in [4.69, 9.17) is 29.9 Å². The Balaban J connectivity index is 1.60. The van der Waals surface area contributed by atoms with E-state index in [1.807, 2.05) is 24.3 Å². The molecule has 50 heavy (non-hydrogen) atoms. The third-order valence-electron chi connectivity index (χ3n) is 6.75. The van der Waals surface area contributed by atoms with Gasteiger partial charge in [0.2, 0.25) is 5.91 Å². The molecule has 4 amide bonds. The fraction of sp³-hybridized carbons (Fsp3) is 0.471. The second-order valence-electron chi connectivity index (χ2n) is 13.4. The van der Waals surface area contributed by atoms with E-state index in [0.29, 0.717) is 5.56 Å². The normalized spacial score (nSPS) is 12.7. The van der Waals surface area contributed by atoms with Gasteiger partial charge in [-0.3, -0.25) is 23.7 Å². The van der Waals surface area contributed by atoms with Crippen LogP contribution in [-0.2, 0) is 34.2 Å². The lowest BCUT2D eigenvalue weighted by atomic mass is 10.1. The molecule has 0 bridgehead atoms. The van der Waals surface area contributed by atoms with Crippen molar-refractivity contribution in [1.82, 2.24) is 20.5 Å². The van der Waals surface area contributed by atoms with E-state index in [2.05, 4.69) is 20.9 Å². The second-order valence-corrected chi connectivity index (χ2v) is 15.2. The minimum Gasteiger partial charge on any atom is -0.447 e. The Bertz CT molecular complexity index is 1660. The maximum atomic E-state index is 13.9. The van der Waals surface area contributed by atoms with Crippen molar-refractivity contribution >= 4 is 54.0 Å². The standard InChI is InChI=1S/C34H46ClFN5O8P/c1-33(2,3)48-50(45,49-34(4,5)6)47-18-17-37-29(42)16-15-26(41(7)31(43)39-21-25-13-10-14-27(36)30(25)35)22-46-32(44)40-28-19-23-11-8-9-12-24(23)20-38-28/h8-14,19-20,26H,15-18,21-22H2,1-7H3,(H,37,42)(H,39,43)(H,38,40,44)/t26-/m0/s1. The minimum absolute atomic E-state index is 0.00310. The highest BCUT2D eigenvalue weighted by Gasteiger charge is 2.37. The molecule has 1 atom stereocenters. The molecule has 0 saturated heterocycles. The number of carbonyl (C=O) groups is 3. The van der Waals surface area contributed by atoms with Crippen LogP contribution in [0.3, 0.4) is 0 Å². The van der Waals surface area contributed by atoms with Crippen molar-refractivity contribution in [3.63, 3.8) is 0 Å². The predicted octanol–water partition coefficient (Wildman–Crippen LogP) is 7.44. The number of halogens is 2. The summed E-state index contributed by atoms with van der Waals surface area (Å²) in [4.78, 5) is 44.1. The summed E-state index contributed by atoms with van der Waals surface area (Å²) in [6.07, 6.45) is 0.842. The number of phosphoric ester groups is 1. The maximum Gasteiger partial charge on any atom is 0.475 e. The lowest BCUT2D eigenvalue weighted by molar-refractivity contribution is -0.121. The third-order valence-corrected chi connectivity index (χ3v) is 9.21. The van der Waals surface area contributed by atoms with Gasteiger partial charge in [0.25, 0.3) is 0 Å². The molecule has 0 fully saturated rings. The van der Waals surface area contributed by atoms with Gasteiger partial charge >= 0.3 is 19.9 Å². The molecule has 3 N–H and O–H groups in total. The van der Waals surface area contributed by atoms with Crippen molar-refractivity contribution in [2.75, 3.05) is 32.1 Å². The number of nitrogens with zero attached hydrogens (tertiary/aromatic N) is 2. The molecule has 16 heteroatoms. The lowest BCUT2D eigenvalue weighted by Gasteiger charge is -2.30. The molecule has 0 saturated carbocycles. The van der Waals surface area contributed by atoms with E-state index in [0.717, 1.165) is 10.8 Å². The van der Waals surface area contributed by atoms with Crippen LogP contribution in [0.1, 0.15) is 59.9 Å². The van der Waals surface area contributed by atoms with Crippen molar-refractivity contribution in [2.45, 2.75) is 78.2 Å². The Morgan fingerprint density at radius 2 is 1.64 bits per heavy atom. The number of aromatic nitrogens is 1. The summed E-state index contributed by atoms with van der Waals surface area (Å²) >= 11 is 6.03. The van der Waals surface area contributed by atoms with Gasteiger partial charge in [0.05, 0.1) is 28.9 Å². The summed E-state index contributed by atoms with van der Waals surface area (Å²) in [5.74, 6) is -0.741. The van der Waals surface area contributed by atoms with Crippen LogP contribution in [0.25, 0.3) is 10.8 Å². The van der Waals surface area contributed by atoms with Crippen molar-refractivity contribution in [1.29, 1.82) is 0 Å². The van der Waals surface area contributed by atoms with Gasteiger partial charge in [-0.1, -0.05) is 48.0 Å². The summed E-state index contributed by atoms with van der Waals surface area (Å²) < 4.78 is 49.2. The van der Waals surface area contributed by atoms with Crippen LogP contribution in [-0.4, -0.2) is 72.0 Å². The van der Waals surface area contributed by atoms with Gasteiger partial charge in [0.1, 0.15) is 18.2 Å². The number of phosphoric acid groups is 1. The Hall–Kier alpha value is -3.81. The number of hydrogen-bond donors (Lipinski definition) is 3. The minimum atomic E-state index is -3.96. The number of urea groups is 1. The summed E-state index contributed by atoms with van der Waals surface area (Å²) in [5.41, 5.74) is -1.26. The molecule has 2 aromatic carbocycles. The van der Waals surface area contributed by atoms with Crippen LogP contribution in [0, 0.1) is 5.82 Å². The highest BCUT2D eigenvalue weighted by molar-refractivity contribution is 7.48. The fourth-order valence-electron chi connectivity index (χ4n) is 4.48. The van der Waals surface area contributed by atoms with Crippen molar-refractivity contribution in [3.8, 4) is 0 Å². The SMILES string of the molecule is CN(C(=O)NCc1cccc(F)c1Cl)[C@@H](CCC(=O)NCCOP(=O)(OC(C)(C)C)OC(C)(C)C)COC(=O)Nc1cc2ccccc2cn1. The molecular weight excluding hydrogens is 692 g/mol. The summed E-state index contributed by atoms with van der Waals surface area (Å²) in [7, 11) is -2.48. The molecular formula is C34H46ClFN5O8P. The zero-order valence-corrected chi connectivity index (χ0v) is 31.0. The summed E-state index contributed by atoms with van der Waals surface area (Å²) in [5, 5.41) is 9.58. The zero-order valence-electron chi connectivity index (χ0n) is 29.4. The first-order chi connectivity index (χ1) is 23.3. The van der Waals surface area contributed by atoms with Gasteiger partial charge < -0.3 is 20.3 Å². The Kier molecular flexibility index (Phi) is 14.6. The molecule has 13 nitrogen and oxygen atoms in total. The molecule has 3 aromatic rings. The Morgan fingerprint density at radius 1 is 0.980 bits per heavy atom. The molecule has 3 rings (SSSR count). The maximum absolute atomic E-state index is 13.9. The van der Waals surface area contributed by atoms with Crippen molar-refractivity contribution in [2.24, 2.45) is 0 Å². The molecule has 1 aromatic heterocycles. The van der Waals surface area contributed by atoms with Crippen LogP contribution in [0.15, 0.2) is 54.7 Å². The number of ether oxygens (including phenoxy) is 1. The van der Waals surface area contributed by atoms with E-state index < -0.39 is 48.9 Å². The van der Waals surface area contributed by atoms with E-state index in [1.54, 1.807) is 59.9 Å². The number of benzene rings is 2. The van der Waals surface area contributed by atoms with E-state index >= 15 is 0 Å². The van der Waals surface area contributed by atoms with Crippen LogP contribution in [0.2, 0.25) is 5.02 Å². The van der Waals surface area contributed by atoms with Gasteiger partial charge in [-0.2, -0.15) is 0 Å². The highest BCUT2D eigenvalue weighted by Crippen LogP contribution is 2.55. The number of fused-ring (bicyclic) bond motifs is 1. The highest BCUT2D eigenvalue weighted by atomic mass is 35.5. The third kappa shape index (κ3) is 13.8. The quantitative estimate of drug-likeness (QED) is 0.107. The van der Waals surface area contributed by atoms with Gasteiger partial charge in [0, 0.05) is 38.1 Å². The number of carbonyl (C=O) groups excluding carboxylic acids is 3. The lowest BCUT2D eigenvalue weighted by Crippen LogP contribution is -2.46. The first-order valence-corrected chi connectivity index (χ1v) is 17.8. The fourth-order valence-corrected chi connectivity index (χ4v) is 6.47. The van der Waals surface area contributed by atoms with Gasteiger partial charge in [-0.05, 0) is 71.0 Å². The van der Waals surface area contributed by atoms with Gasteiger partial charge in [0.15, 0.2) is 0 Å². The molecule has 0 spiro atoms. The summed E-state index contributed by atoms with van der Waals surface area (Å²) in [6.45, 7) is 9.81. The molecule has 0 unspecified atom stereocenters. The monoisotopic (exact) mass is 737 g/mol. The molecule has 0 aliphatic carbocycles.